The third-order valence-electron chi connectivity index (χ3n) is 1.34. The molecule has 0 aliphatic carbocycles. The van der Waals surface area contributed by atoms with Crippen molar-refractivity contribution in [1.82, 2.24) is 4.98 Å². The molecule has 0 saturated carbocycles. The summed E-state index contributed by atoms with van der Waals surface area (Å²) in [5.74, 6) is 0.0806. The number of nitrogens with zero attached hydrogens (tertiary/aromatic N) is 1. The van der Waals surface area contributed by atoms with Gasteiger partial charge in [0.1, 0.15) is 0 Å². The fourth-order valence-corrected chi connectivity index (χ4v) is 4.08. The molecule has 0 saturated heterocycles. The topological polar surface area (TPSA) is 59.1 Å². The highest BCUT2D eigenvalue weighted by Crippen LogP contribution is 2.25. The van der Waals surface area contributed by atoms with E-state index in [0.717, 1.165) is 3.79 Å². The van der Waals surface area contributed by atoms with Gasteiger partial charge in [-0.05, 0) is 21.3 Å². The maximum absolute atomic E-state index is 11.7. The van der Waals surface area contributed by atoms with Gasteiger partial charge in [-0.25, -0.2) is 13.4 Å². The van der Waals surface area contributed by atoms with Crippen LogP contribution in [-0.4, -0.2) is 19.2 Å². The molecule has 0 aliphatic rings. The third-order valence-corrected chi connectivity index (χ3v) is 4.61. The first-order valence-corrected chi connectivity index (χ1v) is 7.56. The molecule has 15 heavy (non-hydrogen) atoms. The van der Waals surface area contributed by atoms with Gasteiger partial charge in [0, 0.05) is 0 Å². The van der Waals surface area contributed by atoms with E-state index in [0.29, 0.717) is 5.13 Å². The monoisotopic (exact) mass is 312 g/mol. The molecule has 1 aromatic rings. The van der Waals surface area contributed by atoms with Crippen molar-refractivity contribution in [2.45, 2.75) is 20.8 Å². The summed E-state index contributed by atoms with van der Waals surface area (Å²) in [5, 5.41) is 0.395. The Morgan fingerprint density at radius 3 is 2.53 bits per heavy atom. The second-order valence-corrected chi connectivity index (χ2v) is 8.52. The van der Waals surface area contributed by atoms with Crippen molar-refractivity contribution in [1.29, 1.82) is 0 Å². The first kappa shape index (κ1) is 12.9. The van der Waals surface area contributed by atoms with Crippen LogP contribution < -0.4 is 4.72 Å². The van der Waals surface area contributed by atoms with E-state index in [4.69, 9.17) is 0 Å². The summed E-state index contributed by atoms with van der Waals surface area (Å²) in [7, 11) is -3.30. The van der Waals surface area contributed by atoms with Gasteiger partial charge in [-0.3, -0.25) is 4.72 Å². The molecule has 1 N–H and O–H groups in total. The van der Waals surface area contributed by atoms with Crippen LogP contribution in [0.2, 0.25) is 0 Å². The van der Waals surface area contributed by atoms with Crippen LogP contribution in [0.1, 0.15) is 20.8 Å². The van der Waals surface area contributed by atoms with Crippen molar-refractivity contribution < 1.29 is 8.42 Å². The molecular weight excluding hydrogens is 300 g/mol. The molecule has 0 amide bonds. The summed E-state index contributed by atoms with van der Waals surface area (Å²) in [5.41, 5.74) is -0.264. The number of aromatic nitrogens is 1. The molecule has 86 valence electrons. The molecule has 0 radical (unpaired) electrons. The minimum Gasteiger partial charge on any atom is -0.259 e. The highest BCUT2D eigenvalue weighted by molar-refractivity contribution is 9.11. The van der Waals surface area contributed by atoms with Gasteiger partial charge in [0.25, 0.3) is 0 Å². The van der Waals surface area contributed by atoms with E-state index in [1.165, 1.54) is 11.3 Å². The number of nitrogens with one attached hydrogen (secondary N) is 1. The van der Waals surface area contributed by atoms with Crippen LogP contribution in [0.3, 0.4) is 0 Å². The van der Waals surface area contributed by atoms with E-state index in [1.807, 2.05) is 20.8 Å². The zero-order valence-electron chi connectivity index (χ0n) is 8.74. The fraction of sp³-hybridized carbons (Fsp3) is 0.625. The average Bonchev–Trinajstić information content (AvgIpc) is 2.27. The largest absolute Gasteiger partial charge is 0.259 e. The highest BCUT2D eigenvalue weighted by atomic mass is 79.9. The standard InChI is InChI=1S/C8H13BrN2O2S2/c1-8(2,3)5-15(12,13)11-7-10-4-6(9)14-7/h4H,5H2,1-3H3,(H,10,11). The number of thiazole rings is 1. The summed E-state index contributed by atoms with van der Waals surface area (Å²) < 4.78 is 26.6. The lowest BCUT2D eigenvalue weighted by molar-refractivity contribution is 0.463. The van der Waals surface area contributed by atoms with E-state index < -0.39 is 10.0 Å². The van der Waals surface area contributed by atoms with Crippen LogP contribution in [0, 0.1) is 5.41 Å². The van der Waals surface area contributed by atoms with Crippen LogP contribution in [0.4, 0.5) is 5.13 Å². The summed E-state index contributed by atoms with van der Waals surface area (Å²) in [6, 6.07) is 0. The molecule has 0 spiro atoms. The van der Waals surface area contributed by atoms with Crippen molar-refractivity contribution in [2.75, 3.05) is 10.5 Å². The van der Waals surface area contributed by atoms with Gasteiger partial charge in [0.15, 0.2) is 5.13 Å². The van der Waals surface area contributed by atoms with Gasteiger partial charge in [0.2, 0.25) is 10.0 Å². The Morgan fingerprint density at radius 1 is 1.53 bits per heavy atom. The molecule has 4 nitrogen and oxygen atoms in total. The van der Waals surface area contributed by atoms with Crippen LogP contribution >= 0.6 is 27.3 Å². The molecule has 1 rings (SSSR count). The normalized spacial score (nSPS) is 12.8. The van der Waals surface area contributed by atoms with Crippen molar-refractivity contribution in [3.8, 4) is 0 Å². The lowest BCUT2D eigenvalue weighted by atomic mass is 10.0. The van der Waals surface area contributed by atoms with Gasteiger partial charge in [-0.2, -0.15) is 0 Å². The first-order valence-electron chi connectivity index (χ1n) is 4.30. The number of hydrogen-bond acceptors (Lipinski definition) is 4. The molecule has 1 heterocycles. The predicted octanol–water partition coefficient (Wildman–Crippen LogP) is 2.69. The van der Waals surface area contributed by atoms with Crippen LogP contribution in [0.25, 0.3) is 0 Å². The van der Waals surface area contributed by atoms with Crippen molar-refractivity contribution in [3.05, 3.63) is 9.98 Å². The van der Waals surface area contributed by atoms with Crippen molar-refractivity contribution in [3.63, 3.8) is 0 Å². The van der Waals surface area contributed by atoms with Gasteiger partial charge in [-0.1, -0.05) is 32.1 Å². The Labute approximate surface area is 102 Å². The van der Waals surface area contributed by atoms with Gasteiger partial charge < -0.3 is 0 Å². The molecule has 0 aromatic carbocycles. The van der Waals surface area contributed by atoms with E-state index in [1.54, 1.807) is 6.20 Å². The number of halogens is 1. The second-order valence-electron chi connectivity index (χ2n) is 4.39. The Kier molecular flexibility index (Phi) is 3.78. The van der Waals surface area contributed by atoms with Crippen LogP contribution in [0.15, 0.2) is 9.98 Å². The Morgan fingerprint density at radius 2 is 2.13 bits per heavy atom. The minimum atomic E-state index is -3.30. The zero-order valence-corrected chi connectivity index (χ0v) is 12.0. The lowest BCUT2D eigenvalue weighted by Gasteiger charge is -2.17. The number of rotatable bonds is 3. The molecule has 0 unspecified atom stereocenters. The Balaban J connectivity index is 2.73. The SMILES string of the molecule is CC(C)(C)CS(=O)(=O)Nc1ncc(Br)s1. The van der Waals surface area contributed by atoms with Crippen LogP contribution in [-0.2, 0) is 10.0 Å². The van der Waals surface area contributed by atoms with E-state index >= 15 is 0 Å². The zero-order chi connectivity index (χ0) is 11.7. The maximum atomic E-state index is 11.7. The van der Waals surface area contributed by atoms with E-state index in [2.05, 4.69) is 25.6 Å². The van der Waals surface area contributed by atoms with Gasteiger partial charge >= 0.3 is 0 Å². The number of anilines is 1. The molecular formula is C8H13BrN2O2S2. The second kappa shape index (κ2) is 4.39. The molecule has 0 atom stereocenters. The third kappa shape index (κ3) is 4.94. The summed E-state index contributed by atoms with van der Waals surface area (Å²) >= 11 is 4.48. The van der Waals surface area contributed by atoms with E-state index in [-0.39, 0.29) is 11.2 Å². The molecule has 0 aliphatic heterocycles. The maximum Gasteiger partial charge on any atom is 0.235 e. The quantitative estimate of drug-likeness (QED) is 0.933. The smallest absolute Gasteiger partial charge is 0.235 e. The van der Waals surface area contributed by atoms with Crippen LogP contribution in [0.5, 0.6) is 0 Å². The summed E-state index contributed by atoms with van der Waals surface area (Å²) in [4.78, 5) is 3.91. The molecule has 0 fully saturated rings. The average molecular weight is 313 g/mol. The molecule has 1 aromatic heterocycles. The molecule has 0 bridgehead atoms. The minimum absolute atomic E-state index is 0.0806. The fourth-order valence-electron chi connectivity index (χ4n) is 1.04. The lowest BCUT2D eigenvalue weighted by Crippen LogP contribution is -2.26. The van der Waals surface area contributed by atoms with Crippen molar-refractivity contribution >= 4 is 42.4 Å². The summed E-state index contributed by atoms with van der Waals surface area (Å²) in [6.07, 6.45) is 1.57. The predicted molar refractivity (Wildman–Crippen MR) is 66.7 cm³/mol. The molecule has 7 heteroatoms. The van der Waals surface area contributed by atoms with Gasteiger partial charge in [-0.15, -0.1) is 0 Å². The first-order chi connectivity index (χ1) is 6.68. The summed E-state index contributed by atoms with van der Waals surface area (Å²) in [6.45, 7) is 5.64. The Hall–Kier alpha value is -0.140. The number of sulfonamides is 1. The Bertz CT molecular complexity index is 434. The number of hydrogen-bond donors (Lipinski definition) is 1. The van der Waals surface area contributed by atoms with Gasteiger partial charge in [0.05, 0.1) is 15.7 Å². The van der Waals surface area contributed by atoms with E-state index in [9.17, 15) is 8.42 Å². The highest BCUT2D eigenvalue weighted by Gasteiger charge is 2.22. The van der Waals surface area contributed by atoms with Crippen molar-refractivity contribution in [2.24, 2.45) is 5.41 Å².